The van der Waals surface area contributed by atoms with Gasteiger partial charge in [0.05, 0.1) is 5.69 Å². The maximum atomic E-state index is 12.4. The molecular formula is C16H25N5O3. The van der Waals surface area contributed by atoms with Crippen LogP contribution in [0.3, 0.4) is 0 Å². The van der Waals surface area contributed by atoms with Gasteiger partial charge >= 0.3 is 5.69 Å². The summed E-state index contributed by atoms with van der Waals surface area (Å²) >= 11 is 0. The van der Waals surface area contributed by atoms with Gasteiger partial charge in [-0.1, -0.05) is 18.5 Å². The third-order valence-corrected chi connectivity index (χ3v) is 4.18. The lowest BCUT2D eigenvalue weighted by molar-refractivity contribution is 0.392. The van der Waals surface area contributed by atoms with Crippen molar-refractivity contribution in [2.45, 2.75) is 53.6 Å². The number of anilines is 2. The van der Waals surface area contributed by atoms with Crippen molar-refractivity contribution in [2.75, 3.05) is 17.2 Å². The van der Waals surface area contributed by atoms with Gasteiger partial charge in [-0.2, -0.15) is 0 Å². The molecule has 2 rings (SSSR count). The van der Waals surface area contributed by atoms with Gasteiger partial charge in [0.2, 0.25) is 0 Å². The van der Waals surface area contributed by atoms with E-state index in [1.54, 1.807) is 0 Å². The largest absolute Gasteiger partial charge is 0.383 e. The lowest BCUT2D eigenvalue weighted by Crippen LogP contribution is -2.38. The quantitative estimate of drug-likeness (QED) is 0.794. The number of aromatic amines is 1. The first kappa shape index (κ1) is 17.8. The average molecular weight is 335 g/mol. The van der Waals surface area contributed by atoms with Gasteiger partial charge in [0.15, 0.2) is 0 Å². The highest BCUT2D eigenvalue weighted by molar-refractivity contribution is 5.62. The summed E-state index contributed by atoms with van der Waals surface area (Å²) in [5.41, 5.74) is 7.24. The topological polar surface area (TPSA) is 110 Å². The predicted octanol–water partition coefficient (Wildman–Crippen LogP) is 1.55. The molecule has 8 heteroatoms. The Hall–Kier alpha value is -2.51. The van der Waals surface area contributed by atoms with Gasteiger partial charge in [0.1, 0.15) is 17.3 Å². The molecule has 8 nitrogen and oxygen atoms in total. The molecule has 2 aromatic rings. The Morgan fingerprint density at radius 1 is 1.29 bits per heavy atom. The van der Waals surface area contributed by atoms with Crippen molar-refractivity contribution in [3.05, 3.63) is 37.9 Å². The van der Waals surface area contributed by atoms with Crippen LogP contribution in [0, 0.1) is 13.8 Å². The molecule has 0 aliphatic rings. The normalized spacial score (nSPS) is 11.0. The van der Waals surface area contributed by atoms with Crippen LogP contribution in [-0.2, 0) is 13.1 Å². The number of unbranched alkanes of at least 4 members (excludes halogenated alkanes) is 1. The number of hydrogen-bond acceptors (Lipinski definition) is 6. The Balaban J connectivity index is 2.48. The van der Waals surface area contributed by atoms with Crippen molar-refractivity contribution in [2.24, 2.45) is 0 Å². The molecule has 2 heterocycles. The van der Waals surface area contributed by atoms with Gasteiger partial charge in [-0.3, -0.25) is 14.3 Å². The maximum Gasteiger partial charge on any atom is 0.330 e. The number of aromatic nitrogens is 3. The van der Waals surface area contributed by atoms with Crippen LogP contribution in [0.4, 0.5) is 11.5 Å². The molecule has 0 saturated carbocycles. The molecule has 0 saturated heterocycles. The first-order valence-corrected chi connectivity index (χ1v) is 8.19. The van der Waals surface area contributed by atoms with E-state index in [9.17, 15) is 9.59 Å². The number of H-pyrrole nitrogens is 1. The number of nitrogens with two attached hydrogens (primary N) is 1. The highest BCUT2D eigenvalue weighted by Crippen LogP contribution is 2.22. The maximum absolute atomic E-state index is 12.4. The third-order valence-electron chi connectivity index (χ3n) is 4.18. The van der Waals surface area contributed by atoms with Gasteiger partial charge in [-0.25, -0.2) is 4.79 Å². The van der Waals surface area contributed by atoms with Crippen LogP contribution in [0.1, 0.15) is 43.7 Å². The van der Waals surface area contributed by atoms with Crippen molar-refractivity contribution in [1.82, 2.24) is 14.7 Å². The summed E-state index contributed by atoms with van der Waals surface area (Å²) in [5, 5.41) is 3.94. The lowest BCUT2D eigenvalue weighted by Gasteiger charge is -2.24. The average Bonchev–Trinajstić information content (AvgIpc) is 2.85. The van der Waals surface area contributed by atoms with E-state index < -0.39 is 11.2 Å². The van der Waals surface area contributed by atoms with Gasteiger partial charge in [0, 0.05) is 25.2 Å². The number of aryl methyl sites for hydroxylation is 2. The summed E-state index contributed by atoms with van der Waals surface area (Å²) in [5.74, 6) is 0.908. The van der Waals surface area contributed by atoms with E-state index >= 15 is 0 Å². The zero-order chi connectivity index (χ0) is 17.9. The van der Waals surface area contributed by atoms with Crippen molar-refractivity contribution in [3.8, 4) is 0 Å². The van der Waals surface area contributed by atoms with Crippen LogP contribution in [0.15, 0.2) is 14.1 Å². The van der Waals surface area contributed by atoms with E-state index in [2.05, 4.69) is 10.1 Å². The summed E-state index contributed by atoms with van der Waals surface area (Å²) in [7, 11) is 0. The summed E-state index contributed by atoms with van der Waals surface area (Å²) in [6.45, 7) is 9.13. The molecule has 0 atom stereocenters. The smallest absolute Gasteiger partial charge is 0.330 e. The molecule has 3 N–H and O–H groups in total. The van der Waals surface area contributed by atoms with E-state index in [1.165, 1.54) is 4.57 Å². The Morgan fingerprint density at radius 3 is 2.54 bits per heavy atom. The Morgan fingerprint density at radius 2 is 2.00 bits per heavy atom. The standard InChI is InChI=1S/C16H25N5O3/c1-5-7-8-21-14(17)13(15(22)18-16(21)23)20(6-2)9-12-10(3)19-24-11(12)4/h5-9,17H2,1-4H3,(H,18,22,23). The summed E-state index contributed by atoms with van der Waals surface area (Å²) in [4.78, 5) is 28.6. The van der Waals surface area contributed by atoms with Crippen molar-refractivity contribution < 1.29 is 4.52 Å². The fourth-order valence-corrected chi connectivity index (χ4v) is 2.69. The minimum atomic E-state index is -0.473. The highest BCUT2D eigenvalue weighted by atomic mass is 16.5. The second-order valence-corrected chi connectivity index (χ2v) is 5.82. The molecule has 24 heavy (non-hydrogen) atoms. The molecule has 0 spiro atoms. The number of nitrogens with one attached hydrogen (secondary N) is 1. The third kappa shape index (κ3) is 3.37. The SMILES string of the molecule is CCCCn1c(N)c(N(CC)Cc2c(C)noc2C)c(=O)[nH]c1=O. The van der Waals surface area contributed by atoms with Crippen molar-refractivity contribution in [3.63, 3.8) is 0 Å². The van der Waals surface area contributed by atoms with E-state index in [0.29, 0.717) is 31.1 Å². The molecule has 0 radical (unpaired) electrons. The molecule has 2 aromatic heterocycles. The highest BCUT2D eigenvalue weighted by Gasteiger charge is 2.20. The Bertz CT molecular complexity index is 799. The van der Waals surface area contributed by atoms with Gasteiger partial charge in [-0.15, -0.1) is 0 Å². The number of nitrogens with zero attached hydrogens (tertiary/aromatic N) is 3. The van der Waals surface area contributed by atoms with E-state index in [4.69, 9.17) is 10.3 Å². The Kier molecular flexibility index (Phi) is 5.48. The van der Waals surface area contributed by atoms with Gasteiger partial charge in [-0.05, 0) is 27.2 Å². The van der Waals surface area contributed by atoms with E-state index in [1.807, 2.05) is 32.6 Å². The number of nitrogen functional groups attached to an aromatic ring is 1. The minimum absolute atomic E-state index is 0.200. The number of hydrogen-bond donors (Lipinski definition) is 2. The van der Waals surface area contributed by atoms with Gasteiger partial charge in [0.25, 0.3) is 5.56 Å². The Labute approximate surface area is 140 Å². The second kappa shape index (κ2) is 7.37. The van der Waals surface area contributed by atoms with Gasteiger partial charge < -0.3 is 15.2 Å². The molecular weight excluding hydrogens is 310 g/mol. The summed E-state index contributed by atoms with van der Waals surface area (Å²) in [6, 6.07) is 0. The molecule has 0 fully saturated rings. The van der Waals surface area contributed by atoms with Crippen LogP contribution in [0.25, 0.3) is 0 Å². The zero-order valence-electron chi connectivity index (χ0n) is 14.7. The first-order chi connectivity index (χ1) is 11.4. The molecule has 132 valence electrons. The van der Waals surface area contributed by atoms with Crippen LogP contribution in [0.5, 0.6) is 0 Å². The predicted molar refractivity (Wildman–Crippen MR) is 93.3 cm³/mol. The zero-order valence-corrected chi connectivity index (χ0v) is 14.7. The fraction of sp³-hybridized carbons (Fsp3) is 0.562. The molecule has 0 unspecified atom stereocenters. The van der Waals surface area contributed by atoms with Crippen LogP contribution in [-0.4, -0.2) is 21.3 Å². The van der Waals surface area contributed by atoms with Crippen LogP contribution >= 0.6 is 0 Å². The monoisotopic (exact) mass is 335 g/mol. The van der Waals surface area contributed by atoms with E-state index in [-0.39, 0.29) is 5.82 Å². The molecule has 0 aromatic carbocycles. The molecule has 0 aliphatic heterocycles. The lowest BCUT2D eigenvalue weighted by atomic mass is 10.2. The summed E-state index contributed by atoms with van der Waals surface area (Å²) < 4.78 is 6.61. The fourth-order valence-electron chi connectivity index (χ4n) is 2.69. The molecule has 0 amide bonds. The second-order valence-electron chi connectivity index (χ2n) is 5.82. The van der Waals surface area contributed by atoms with E-state index in [0.717, 1.165) is 24.1 Å². The summed E-state index contributed by atoms with van der Waals surface area (Å²) in [6.07, 6.45) is 1.74. The van der Waals surface area contributed by atoms with Crippen molar-refractivity contribution >= 4 is 11.5 Å². The van der Waals surface area contributed by atoms with Crippen LogP contribution in [0.2, 0.25) is 0 Å². The molecule has 0 bridgehead atoms. The van der Waals surface area contributed by atoms with Crippen LogP contribution < -0.4 is 21.9 Å². The first-order valence-electron chi connectivity index (χ1n) is 8.19. The van der Waals surface area contributed by atoms with Crippen molar-refractivity contribution in [1.29, 1.82) is 0 Å². The minimum Gasteiger partial charge on any atom is -0.383 e. The molecule has 0 aliphatic carbocycles. The number of rotatable bonds is 7.